The second-order valence-corrected chi connectivity index (χ2v) is 4.69. The maximum Gasteiger partial charge on any atom is 0.0642 e. The maximum atomic E-state index is 6.23. The van der Waals surface area contributed by atoms with Gasteiger partial charge >= 0.3 is 0 Å². The largest absolute Gasteiger partial charge is 0.370 e. The molecule has 1 heterocycles. The molecule has 2 nitrogen and oxygen atoms in total. The molecule has 15 heavy (non-hydrogen) atoms. The molecule has 1 aliphatic rings. The van der Waals surface area contributed by atoms with Gasteiger partial charge < -0.3 is 10.6 Å². The summed E-state index contributed by atoms with van der Waals surface area (Å²) in [6, 6.07) is 6.60. The monoisotopic (exact) mass is 224 g/mol. The second kappa shape index (κ2) is 4.42. The van der Waals surface area contributed by atoms with Crippen molar-refractivity contribution < 1.29 is 0 Å². The molecule has 1 saturated heterocycles. The number of nitrogens with two attached hydrogens (primary N) is 1. The topological polar surface area (TPSA) is 29.3 Å². The Morgan fingerprint density at radius 3 is 2.60 bits per heavy atom. The third-order valence-corrected chi connectivity index (χ3v) is 3.29. The van der Waals surface area contributed by atoms with Crippen molar-refractivity contribution in [1.29, 1.82) is 0 Å². The zero-order valence-electron chi connectivity index (χ0n) is 9.04. The van der Waals surface area contributed by atoms with Crippen molar-refractivity contribution >= 4 is 17.3 Å². The van der Waals surface area contributed by atoms with Gasteiger partial charge in [-0.3, -0.25) is 0 Å². The fourth-order valence-electron chi connectivity index (χ4n) is 2.01. The molecule has 0 atom stereocenters. The lowest BCUT2D eigenvalue weighted by Gasteiger charge is -2.32. The lowest BCUT2D eigenvalue weighted by molar-refractivity contribution is 0.501. The van der Waals surface area contributed by atoms with Gasteiger partial charge in [0.1, 0.15) is 0 Å². The Balaban J connectivity index is 2.15. The van der Waals surface area contributed by atoms with Crippen molar-refractivity contribution in [2.45, 2.75) is 25.8 Å². The standard InChI is InChI=1S/C12H17ClN2/c1-9-2-3-12(11(13)8-9)15-6-4-10(14)5-7-15/h2-3,8,10H,4-7,14H2,1H3. The molecule has 2 rings (SSSR count). The molecule has 1 aromatic rings. The number of benzene rings is 1. The average Bonchev–Trinajstić information content (AvgIpc) is 2.20. The molecule has 82 valence electrons. The minimum Gasteiger partial charge on any atom is -0.370 e. The van der Waals surface area contributed by atoms with Gasteiger partial charge in [-0.2, -0.15) is 0 Å². The first kappa shape index (κ1) is 10.8. The Morgan fingerprint density at radius 2 is 2.00 bits per heavy atom. The number of aryl methyl sites for hydroxylation is 1. The van der Waals surface area contributed by atoms with Crippen molar-refractivity contribution in [2.24, 2.45) is 5.73 Å². The number of anilines is 1. The predicted molar refractivity (Wildman–Crippen MR) is 65.6 cm³/mol. The minimum atomic E-state index is 0.366. The fourth-order valence-corrected chi connectivity index (χ4v) is 2.36. The van der Waals surface area contributed by atoms with E-state index in [-0.39, 0.29) is 0 Å². The van der Waals surface area contributed by atoms with Crippen molar-refractivity contribution in [3.05, 3.63) is 28.8 Å². The van der Waals surface area contributed by atoms with Gasteiger partial charge in [-0.1, -0.05) is 17.7 Å². The van der Waals surface area contributed by atoms with Crippen molar-refractivity contribution in [2.75, 3.05) is 18.0 Å². The van der Waals surface area contributed by atoms with Crippen LogP contribution in [0.15, 0.2) is 18.2 Å². The van der Waals surface area contributed by atoms with Crippen LogP contribution in [0.25, 0.3) is 0 Å². The summed E-state index contributed by atoms with van der Waals surface area (Å²) >= 11 is 6.23. The first-order valence-electron chi connectivity index (χ1n) is 5.43. The lowest BCUT2D eigenvalue weighted by Crippen LogP contribution is -2.39. The summed E-state index contributed by atoms with van der Waals surface area (Å²) in [4.78, 5) is 2.32. The van der Waals surface area contributed by atoms with E-state index in [2.05, 4.69) is 24.0 Å². The molecule has 1 aliphatic heterocycles. The van der Waals surface area contributed by atoms with Gasteiger partial charge in [-0.25, -0.2) is 0 Å². The van der Waals surface area contributed by atoms with Crippen LogP contribution < -0.4 is 10.6 Å². The zero-order chi connectivity index (χ0) is 10.8. The molecule has 0 amide bonds. The molecule has 2 N–H and O–H groups in total. The van der Waals surface area contributed by atoms with Crippen LogP contribution in [0.4, 0.5) is 5.69 Å². The molecule has 0 radical (unpaired) electrons. The first-order chi connectivity index (χ1) is 7.16. The molecule has 0 spiro atoms. The van der Waals surface area contributed by atoms with Gasteiger partial charge in [0.05, 0.1) is 10.7 Å². The summed E-state index contributed by atoms with van der Waals surface area (Å²) in [5, 5.41) is 0.852. The van der Waals surface area contributed by atoms with Gasteiger partial charge in [0.25, 0.3) is 0 Å². The van der Waals surface area contributed by atoms with Gasteiger partial charge in [0.2, 0.25) is 0 Å². The summed E-state index contributed by atoms with van der Waals surface area (Å²) in [7, 11) is 0. The highest BCUT2D eigenvalue weighted by Gasteiger charge is 2.17. The Kier molecular flexibility index (Phi) is 3.17. The molecule has 1 aromatic carbocycles. The number of piperidine rings is 1. The van der Waals surface area contributed by atoms with E-state index in [4.69, 9.17) is 17.3 Å². The highest BCUT2D eigenvalue weighted by Crippen LogP contribution is 2.28. The number of hydrogen-bond acceptors (Lipinski definition) is 2. The van der Waals surface area contributed by atoms with Crippen molar-refractivity contribution in [3.63, 3.8) is 0 Å². The van der Waals surface area contributed by atoms with Crippen LogP contribution in [-0.2, 0) is 0 Å². The Hall–Kier alpha value is -0.730. The third kappa shape index (κ3) is 2.44. The Morgan fingerprint density at radius 1 is 1.33 bits per heavy atom. The van der Waals surface area contributed by atoms with Gasteiger partial charge in [0, 0.05) is 19.1 Å². The molecular formula is C12H17ClN2. The maximum absolute atomic E-state index is 6.23. The molecule has 0 unspecified atom stereocenters. The summed E-state index contributed by atoms with van der Waals surface area (Å²) < 4.78 is 0. The van der Waals surface area contributed by atoms with Crippen LogP contribution in [0.1, 0.15) is 18.4 Å². The highest BCUT2D eigenvalue weighted by molar-refractivity contribution is 6.33. The Labute approximate surface area is 96.0 Å². The zero-order valence-corrected chi connectivity index (χ0v) is 9.80. The molecule has 3 heteroatoms. The summed E-state index contributed by atoms with van der Waals surface area (Å²) in [6.45, 7) is 4.09. The average molecular weight is 225 g/mol. The van der Waals surface area contributed by atoms with E-state index in [0.717, 1.165) is 36.6 Å². The van der Waals surface area contributed by atoms with E-state index >= 15 is 0 Å². The van der Waals surface area contributed by atoms with Crippen LogP contribution >= 0.6 is 11.6 Å². The van der Waals surface area contributed by atoms with Crippen molar-refractivity contribution in [1.82, 2.24) is 0 Å². The van der Waals surface area contributed by atoms with E-state index in [0.29, 0.717) is 6.04 Å². The van der Waals surface area contributed by atoms with Gasteiger partial charge in [-0.15, -0.1) is 0 Å². The number of rotatable bonds is 1. The highest BCUT2D eigenvalue weighted by atomic mass is 35.5. The van der Waals surface area contributed by atoms with Crippen LogP contribution in [0.5, 0.6) is 0 Å². The smallest absolute Gasteiger partial charge is 0.0642 e. The van der Waals surface area contributed by atoms with Crippen LogP contribution in [0.2, 0.25) is 5.02 Å². The van der Waals surface area contributed by atoms with Crippen molar-refractivity contribution in [3.8, 4) is 0 Å². The van der Waals surface area contributed by atoms with E-state index in [1.165, 1.54) is 5.56 Å². The number of hydrogen-bond donors (Lipinski definition) is 1. The molecule has 0 aliphatic carbocycles. The van der Waals surface area contributed by atoms with E-state index < -0.39 is 0 Å². The second-order valence-electron chi connectivity index (χ2n) is 4.28. The van der Waals surface area contributed by atoms with Crippen LogP contribution in [0.3, 0.4) is 0 Å². The fraction of sp³-hybridized carbons (Fsp3) is 0.500. The van der Waals surface area contributed by atoms with E-state index in [1.54, 1.807) is 0 Å². The van der Waals surface area contributed by atoms with Gasteiger partial charge in [-0.05, 0) is 37.5 Å². The number of nitrogens with zero attached hydrogens (tertiary/aromatic N) is 1. The first-order valence-corrected chi connectivity index (χ1v) is 5.81. The number of halogens is 1. The van der Waals surface area contributed by atoms with E-state index in [1.807, 2.05) is 6.07 Å². The summed E-state index contributed by atoms with van der Waals surface area (Å²) in [5.41, 5.74) is 8.23. The van der Waals surface area contributed by atoms with Crippen LogP contribution in [-0.4, -0.2) is 19.1 Å². The SMILES string of the molecule is Cc1ccc(N2CCC(N)CC2)c(Cl)c1. The molecule has 1 fully saturated rings. The molecule has 0 saturated carbocycles. The third-order valence-electron chi connectivity index (χ3n) is 2.98. The normalized spacial score (nSPS) is 18.2. The minimum absolute atomic E-state index is 0.366. The summed E-state index contributed by atoms with van der Waals surface area (Å²) in [6.07, 6.45) is 2.12. The molecule has 0 aromatic heterocycles. The molecular weight excluding hydrogens is 208 g/mol. The summed E-state index contributed by atoms with van der Waals surface area (Å²) in [5.74, 6) is 0. The predicted octanol–water partition coefficient (Wildman–Crippen LogP) is 2.58. The van der Waals surface area contributed by atoms with Crippen LogP contribution in [0, 0.1) is 6.92 Å². The quantitative estimate of drug-likeness (QED) is 0.795. The lowest BCUT2D eigenvalue weighted by atomic mass is 10.1. The van der Waals surface area contributed by atoms with Gasteiger partial charge in [0.15, 0.2) is 0 Å². The van der Waals surface area contributed by atoms with E-state index in [9.17, 15) is 0 Å². The molecule has 0 bridgehead atoms. The Bertz CT molecular complexity index is 343.